The molecule has 4 aliphatic carbocycles. The van der Waals surface area contributed by atoms with Crippen LogP contribution >= 0.6 is 11.8 Å². The molecule has 2 N–H and O–H groups in total. The molecule has 2 heterocycles. The number of nitrogens with zero attached hydrogens (tertiary/aromatic N) is 2. The average molecular weight is 366 g/mol. The van der Waals surface area contributed by atoms with E-state index in [0.29, 0.717) is 16.4 Å². The van der Waals surface area contributed by atoms with Gasteiger partial charge in [0.15, 0.2) is 5.78 Å². The molecule has 0 radical (unpaired) electrons. The molecule has 0 spiro atoms. The molecular weight excluding hydrogens is 342 g/mol. The van der Waals surface area contributed by atoms with Crippen molar-refractivity contribution >= 4 is 17.5 Å². The highest BCUT2D eigenvalue weighted by atomic mass is 32.2. The van der Waals surface area contributed by atoms with Gasteiger partial charge in [0.2, 0.25) is 0 Å². The number of pyridine rings is 1. The molecule has 1 aromatic rings. The third-order valence-corrected chi connectivity index (χ3v) is 8.35. The van der Waals surface area contributed by atoms with Crippen LogP contribution in [0.3, 0.4) is 0 Å². The molecule has 26 heavy (non-hydrogen) atoms. The van der Waals surface area contributed by atoms with Crippen molar-refractivity contribution < 1.29 is 4.79 Å². The number of aromatic nitrogens is 1. The van der Waals surface area contributed by atoms with Gasteiger partial charge in [0.05, 0.1) is 21.9 Å². The van der Waals surface area contributed by atoms with Crippen molar-refractivity contribution in [1.82, 2.24) is 4.98 Å². The van der Waals surface area contributed by atoms with Crippen molar-refractivity contribution in [1.29, 1.82) is 5.26 Å². The third-order valence-electron chi connectivity index (χ3n) is 7.14. The number of carbonyl (C=O) groups is 1. The Labute approximate surface area is 158 Å². The minimum atomic E-state index is -0.261. The molecule has 4 saturated carbocycles. The Kier molecular flexibility index (Phi) is 3.69. The van der Waals surface area contributed by atoms with Crippen LogP contribution in [0.25, 0.3) is 0 Å². The Morgan fingerprint density at radius 3 is 2.27 bits per heavy atom. The first-order valence-corrected chi connectivity index (χ1v) is 10.5. The average Bonchev–Trinajstić information content (AvgIpc) is 2.97. The Hall–Kier alpha value is -1.80. The van der Waals surface area contributed by atoms with Gasteiger partial charge in [0, 0.05) is 23.7 Å². The fraction of sp³-hybridized carbons (Fsp3) is 0.571. The molecule has 5 heteroatoms. The number of allylic oxidation sites excluding steroid dienone is 1. The van der Waals surface area contributed by atoms with Gasteiger partial charge in [-0.05, 0) is 74.0 Å². The lowest BCUT2D eigenvalue weighted by Gasteiger charge is -2.56. The Balaban J connectivity index is 1.51. The summed E-state index contributed by atoms with van der Waals surface area (Å²) in [5.41, 5.74) is 7.56. The number of hydrogen-bond acceptors (Lipinski definition) is 5. The SMILES string of the molecule is N#CC1=C(N)S[C@@H](C(=O)C23CC4CC(CC(C4)C2)C3)[C@@H]1c1ccncc1. The third kappa shape index (κ3) is 2.35. The van der Waals surface area contributed by atoms with Crippen LogP contribution in [-0.2, 0) is 4.79 Å². The number of carbonyl (C=O) groups excluding carboxylic acids is 1. The molecule has 0 aromatic carbocycles. The van der Waals surface area contributed by atoms with Crippen LogP contribution in [0.4, 0.5) is 0 Å². The first-order valence-electron chi connectivity index (χ1n) is 9.60. The highest BCUT2D eigenvalue weighted by molar-refractivity contribution is 8.04. The zero-order valence-electron chi connectivity index (χ0n) is 14.7. The van der Waals surface area contributed by atoms with Crippen LogP contribution in [-0.4, -0.2) is 16.0 Å². The van der Waals surface area contributed by atoms with Gasteiger partial charge in [-0.2, -0.15) is 5.26 Å². The lowest BCUT2D eigenvalue weighted by atomic mass is 9.48. The van der Waals surface area contributed by atoms with E-state index in [-0.39, 0.29) is 16.6 Å². The quantitative estimate of drug-likeness (QED) is 0.882. The maximum absolute atomic E-state index is 13.9. The zero-order valence-corrected chi connectivity index (χ0v) is 15.5. The molecule has 134 valence electrons. The topological polar surface area (TPSA) is 79.8 Å². The second kappa shape index (κ2) is 5.85. The van der Waals surface area contributed by atoms with Crippen LogP contribution in [0, 0.1) is 34.5 Å². The van der Waals surface area contributed by atoms with E-state index in [1.54, 1.807) is 12.4 Å². The lowest BCUT2D eigenvalue weighted by Crippen LogP contribution is -2.52. The van der Waals surface area contributed by atoms with Crippen molar-refractivity contribution in [3.63, 3.8) is 0 Å². The van der Waals surface area contributed by atoms with E-state index in [1.165, 1.54) is 31.0 Å². The summed E-state index contributed by atoms with van der Waals surface area (Å²) >= 11 is 1.42. The number of ketones is 1. The van der Waals surface area contributed by atoms with Crippen LogP contribution in [0.1, 0.15) is 50.0 Å². The van der Waals surface area contributed by atoms with Crippen molar-refractivity contribution in [3.05, 3.63) is 40.7 Å². The molecule has 0 saturated heterocycles. The van der Waals surface area contributed by atoms with Gasteiger partial charge in [-0.3, -0.25) is 9.78 Å². The van der Waals surface area contributed by atoms with E-state index in [2.05, 4.69) is 11.1 Å². The van der Waals surface area contributed by atoms with E-state index in [9.17, 15) is 10.1 Å². The van der Waals surface area contributed by atoms with Gasteiger partial charge >= 0.3 is 0 Å². The minimum Gasteiger partial charge on any atom is -0.393 e. The summed E-state index contributed by atoms with van der Waals surface area (Å²) in [6.07, 6.45) is 10.6. The summed E-state index contributed by atoms with van der Waals surface area (Å²) in [5, 5.41) is 9.94. The highest BCUT2D eigenvalue weighted by Crippen LogP contribution is 2.62. The number of thioether (sulfide) groups is 1. The van der Waals surface area contributed by atoms with Gasteiger partial charge in [-0.1, -0.05) is 11.8 Å². The molecule has 0 amide bonds. The van der Waals surface area contributed by atoms with Crippen LogP contribution in [0.15, 0.2) is 35.1 Å². The lowest BCUT2D eigenvalue weighted by molar-refractivity contribution is -0.143. The normalized spacial score (nSPS) is 40.7. The smallest absolute Gasteiger partial charge is 0.153 e. The standard InChI is InChI=1S/C21H23N3OS/c22-11-16-17(15-1-3-24-4-2-15)18(26-20(16)23)19(25)21-8-12-5-13(9-21)7-14(6-12)10-21/h1-4,12-14,17-18H,5-10,23H2/t12?,13?,14?,17-,18-,21?/m1/s1. The maximum atomic E-state index is 13.9. The largest absolute Gasteiger partial charge is 0.393 e. The van der Waals surface area contributed by atoms with Crippen LogP contribution in [0.2, 0.25) is 0 Å². The first kappa shape index (κ1) is 16.4. The minimum absolute atomic E-state index is 0.164. The Bertz CT molecular complexity index is 790. The summed E-state index contributed by atoms with van der Waals surface area (Å²) in [4.78, 5) is 18.0. The highest BCUT2D eigenvalue weighted by Gasteiger charge is 2.57. The second-order valence-electron chi connectivity index (χ2n) is 8.75. The predicted octanol–water partition coefficient (Wildman–Crippen LogP) is 3.76. The Morgan fingerprint density at radius 2 is 1.73 bits per heavy atom. The predicted molar refractivity (Wildman–Crippen MR) is 101 cm³/mol. The van der Waals surface area contributed by atoms with Crippen molar-refractivity contribution in [3.8, 4) is 6.07 Å². The summed E-state index contributed by atoms with van der Waals surface area (Å²) in [5.74, 6) is 2.33. The molecule has 0 unspecified atom stereocenters. The molecule has 4 fully saturated rings. The number of Topliss-reactive ketones (excluding diaryl/α,β-unsaturated/α-hetero) is 1. The van der Waals surface area contributed by atoms with Crippen molar-refractivity contribution in [2.24, 2.45) is 28.9 Å². The molecule has 2 atom stereocenters. The van der Waals surface area contributed by atoms with E-state index in [4.69, 9.17) is 5.73 Å². The van der Waals surface area contributed by atoms with Crippen LogP contribution in [0.5, 0.6) is 0 Å². The fourth-order valence-electron chi connectivity index (χ4n) is 6.53. The fourth-order valence-corrected chi connectivity index (χ4v) is 7.89. The van der Waals surface area contributed by atoms with Gasteiger partial charge in [0.25, 0.3) is 0 Å². The maximum Gasteiger partial charge on any atom is 0.153 e. The van der Waals surface area contributed by atoms with E-state index in [0.717, 1.165) is 42.6 Å². The van der Waals surface area contributed by atoms with Gasteiger partial charge < -0.3 is 5.73 Å². The summed E-state index contributed by atoms with van der Waals surface area (Å²) in [7, 11) is 0. The van der Waals surface area contributed by atoms with Crippen LogP contribution < -0.4 is 5.73 Å². The first-order chi connectivity index (χ1) is 12.6. The number of nitriles is 1. The molecule has 1 aromatic heterocycles. The molecular formula is C21H23N3OS. The number of nitrogens with two attached hydrogens (primary N) is 1. The van der Waals surface area contributed by atoms with E-state index < -0.39 is 0 Å². The van der Waals surface area contributed by atoms with Gasteiger partial charge in [-0.25, -0.2) is 0 Å². The number of hydrogen-bond donors (Lipinski definition) is 1. The molecule has 5 aliphatic rings. The molecule has 6 rings (SSSR count). The number of rotatable bonds is 3. The molecule has 1 aliphatic heterocycles. The van der Waals surface area contributed by atoms with E-state index in [1.807, 2.05) is 12.1 Å². The van der Waals surface area contributed by atoms with Crippen molar-refractivity contribution in [2.45, 2.75) is 49.7 Å². The van der Waals surface area contributed by atoms with Crippen molar-refractivity contribution in [2.75, 3.05) is 0 Å². The molecule has 4 bridgehead atoms. The van der Waals surface area contributed by atoms with Gasteiger partial charge in [0.1, 0.15) is 0 Å². The van der Waals surface area contributed by atoms with Gasteiger partial charge in [-0.15, -0.1) is 0 Å². The summed E-state index contributed by atoms with van der Waals surface area (Å²) in [6, 6.07) is 6.12. The zero-order chi connectivity index (χ0) is 17.9. The summed E-state index contributed by atoms with van der Waals surface area (Å²) < 4.78 is 0. The molecule has 4 nitrogen and oxygen atoms in total. The monoisotopic (exact) mass is 365 g/mol. The summed E-state index contributed by atoms with van der Waals surface area (Å²) in [6.45, 7) is 0. The Morgan fingerprint density at radius 1 is 1.15 bits per heavy atom. The van der Waals surface area contributed by atoms with E-state index >= 15 is 0 Å². The second-order valence-corrected chi connectivity index (χ2v) is 9.93.